The minimum absolute atomic E-state index is 0.164. The van der Waals surface area contributed by atoms with Crippen molar-refractivity contribution in [1.82, 2.24) is 0 Å². The SMILES string of the molecule is CC1(C)c2ccccc2-c2ccc(-c3c4oc5cccc(N(c6ccc(-c7ccccc7)cc6)c6cccc7c6oc6ccccc67)c5c4cc4oc5ccccc5c34)cc21. The fourth-order valence-corrected chi connectivity index (χ4v) is 10.2. The smallest absolute Gasteiger partial charge is 0.159 e. The maximum Gasteiger partial charge on any atom is 0.159 e. The first-order chi connectivity index (χ1) is 30.0. The fourth-order valence-electron chi connectivity index (χ4n) is 10.2. The maximum absolute atomic E-state index is 7.18. The van der Waals surface area contributed by atoms with Gasteiger partial charge in [-0.15, -0.1) is 0 Å². The van der Waals surface area contributed by atoms with E-state index in [4.69, 9.17) is 13.3 Å². The van der Waals surface area contributed by atoms with E-state index in [1.54, 1.807) is 0 Å². The van der Waals surface area contributed by atoms with Crippen molar-refractivity contribution in [3.05, 3.63) is 199 Å². The largest absolute Gasteiger partial charge is 0.456 e. The zero-order valence-corrected chi connectivity index (χ0v) is 33.6. The minimum Gasteiger partial charge on any atom is -0.456 e. The highest BCUT2D eigenvalue weighted by molar-refractivity contribution is 6.26. The molecule has 0 saturated heterocycles. The van der Waals surface area contributed by atoms with Crippen molar-refractivity contribution in [3.8, 4) is 33.4 Å². The van der Waals surface area contributed by atoms with Crippen LogP contribution in [0.1, 0.15) is 25.0 Å². The second kappa shape index (κ2) is 12.6. The molecule has 288 valence electrons. The molecule has 0 saturated carbocycles. The molecule has 4 heteroatoms. The summed E-state index contributed by atoms with van der Waals surface area (Å²) in [5.74, 6) is 0. The van der Waals surface area contributed by atoms with Gasteiger partial charge in [-0.3, -0.25) is 0 Å². The molecule has 0 N–H and O–H groups in total. The molecule has 13 rings (SSSR count). The van der Waals surface area contributed by atoms with Gasteiger partial charge < -0.3 is 18.2 Å². The quantitative estimate of drug-likeness (QED) is 0.174. The van der Waals surface area contributed by atoms with E-state index in [0.717, 1.165) is 99.6 Å². The lowest BCUT2D eigenvalue weighted by Gasteiger charge is -2.26. The van der Waals surface area contributed by atoms with Gasteiger partial charge in [-0.1, -0.05) is 147 Å². The summed E-state index contributed by atoms with van der Waals surface area (Å²) < 4.78 is 20.7. The summed E-state index contributed by atoms with van der Waals surface area (Å²) in [6.07, 6.45) is 0. The maximum atomic E-state index is 7.18. The average Bonchev–Trinajstić information content (AvgIpc) is 4.05. The van der Waals surface area contributed by atoms with E-state index in [9.17, 15) is 0 Å². The summed E-state index contributed by atoms with van der Waals surface area (Å²) in [7, 11) is 0. The Hall–Kier alpha value is -7.82. The Morgan fingerprint density at radius 2 is 1.00 bits per heavy atom. The Morgan fingerprint density at radius 3 is 1.85 bits per heavy atom. The van der Waals surface area contributed by atoms with Crippen LogP contribution in [0.4, 0.5) is 17.1 Å². The normalized spacial score (nSPS) is 13.2. The highest BCUT2D eigenvalue weighted by Crippen LogP contribution is 2.53. The van der Waals surface area contributed by atoms with Crippen LogP contribution < -0.4 is 4.90 Å². The van der Waals surface area contributed by atoms with Crippen molar-refractivity contribution in [2.24, 2.45) is 0 Å². The standard InChI is InChI=1S/C57H37NO3/c1-57(2)44-20-9-6-16-38(44)39-31-28-36(32-45(39)57)52-54-42-18-8-11-24-49(42)59-51(54)33-43-53-46(21-13-25-50(53)61-56(43)52)58(37-29-26-35(27-30-37)34-14-4-3-5-15-34)47-22-12-19-41-40-17-7-10-23-48(40)60-55(41)47/h3-33H,1-2H3. The second-order valence-corrected chi connectivity index (χ2v) is 16.8. The van der Waals surface area contributed by atoms with E-state index < -0.39 is 0 Å². The third-order valence-corrected chi connectivity index (χ3v) is 13.1. The summed E-state index contributed by atoms with van der Waals surface area (Å²) in [6, 6.07) is 66.7. The van der Waals surface area contributed by atoms with Gasteiger partial charge in [-0.05, 0) is 93.5 Å². The molecule has 9 aromatic carbocycles. The van der Waals surface area contributed by atoms with Crippen molar-refractivity contribution in [2.45, 2.75) is 19.3 Å². The Kier molecular flexibility index (Phi) is 7.04. The van der Waals surface area contributed by atoms with Crippen LogP contribution in [0.5, 0.6) is 0 Å². The molecule has 3 aromatic heterocycles. The van der Waals surface area contributed by atoms with Crippen LogP contribution in [-0.4, -0.2) is 0 Å². The predicted octanol–water partition coefficient (Wildman–Crippen LogP) is 16.5. The van der Waals surface area contributed by atoms with E-state index in [-0.39, 0.29) is 5.41 Å². The summed E-state index contributed by atoms with van der Waals surface area (Å²) in [6.45, 7) is 4.67. The van der Waals surface area contributed by atoms with Crippen LogP contribution >= 0.6 is 0 Å². The van der Waals surface area contributed by atoms with Gasteiger partial charge in [0.2, 0.25) is 0 Å². The second-order valence-electron chi connectivity index (χ2n) is 16.8. The summed E-state index contributed by atoms with van der Waals surface area (Å²) >= 11 is 0. The van der Waals surface area contributed by atoms with Crippen molar-refractivity contribution in [3.63, 3.8) is 0 Å². The van der Waals surface area contributed by atoms with Crippen molar-refractivity contribution in [2.75, 3.05) is 4.90 Å². The van der Waals surface area contributed by atoms with E-state index >= 15 is 0 Å². The molecular weight excluding hydrogens is 747 g/mol. The van der Waals surface area contributed by atoms with Gasteiger partial charge in [-0.25, -0.2) is 0 Å². The molecule has 3 heterocycles. The molecule has 1 aliphatic rings. The molecule has 0 fully saturated rings. The number of benzene rings is 9. The Labute approximate surface area is 351 Å². The van der Waals surface area contributed by atoms with Crippen LogP contribution in [-0.2, 0) is 5.41 Å². The van der Waals surface area contributed by atoms with Crippen LogP contribution in [0, 0.1) is 0 Å². The molecule has 0 amide bonds. The number of anilines is 3. The monoisotopic (exact) mass is 783 g/mol. The van der Waals surface area contributed by atoms with Crippen LogP contribution in [0.25, 0.3) is 99.2 Å². The lowest BCUT2D eigenvalue weighted by Crippen LogP contribution is -2.14. The number of furan rings is 3. The zero-order chi connectivity index (χ0) is 40.4. The van der Waals surface area contributed by atoms with Gasteiger partial charge in [0.05, 0.1) is 16.8 Å². The first-order valence-electron chi connectivity index (χ1n) is 20.9. The van der Waals surface area contributed by atoms with E-state index in [2.05, 4.69) is 189 Å². The Balaban J connectivity index is 1.11. The summed E-state index contributed by atoms with van der Waals surface area (Å²) in [5, 5.41) is 6.25. The van der Waals surface area contributed by atoms with E-state index in [0.29, 0.717) is 0 Å². The molecular formula is C57H37NO3. The first-order valence-corrected chi connectivity index (χ1v) is 20.9. The van der Waals surface area contributed by atoms with E-state index in [1.165, 1.54) is 27.8 Å². The molecule has 0 atom stereocenters. The molecule has 1 aliphatic carbocycles. The van der Waals surface area contributed by atoms with Gasteiger partial charge in [0.25, 0.3) is 0 Å². The van der Waals surface area contributed by atoms with Gasteiger partial charge in [0.15, 0.2) is 5.58 Å². The third kappa shape index (κ3) is 4.87. The topological polar surface area (TPSA) is 42.7 Å². The molecule has 4 nitrogen and oxygen atoms in total. The fraction of sp³-hybridized carbons (Fsp3) is 0.0526. The lowest BCUT2D eigenvalue weighted by atomic mass is 9.81. The number of rotatable bonds is 5. The molecule has 0 unspecified atom stereocenters. The number of fused-ring (bicyclic) bond motifs is 12. The van der Waals surface area contributed by atoms with Gasteiger partial charge in [-0.2, -0.15) is 0 Å². The molecule has 0 spiro atoms. The molecule has 61 heavy (non-hydrogen) atoms. The summed E-state index contributed by atoms with van der Waals surface area (Å²) in [5.41, 5.74) is 17.4. The van der Waals surface area contributed by atoms with Crippen LogP contribution in [0.15, 0.2) is 201 Å². The number of para-hydroxylation sites is 3. The van der Waals surface area contributed by atoms with Crippen molar-refractivity contribution >= 4 is 82.9 Å². The van der Waals surface area contributed by atoms with Crippen molar-refractivity contribution in [1.29, 1.82) is 0 Å². The number of hydrogen-bond donors (Lipinski definition) is 0. The Morgan fingerprint density at radius 1 is 0.377 bits per heavy atom. The highest BCUT2D eigenvalue weighted by atomic mass is 16.3. The average molecular weight is 784 g/mol. The van der Waals surface area contributed by atoms with Crippen LogP contribution in [0.3, 0.4) is 0 Å². The number of hydrogen-bond acceptors (Lipinski definition) is 4. The van der Waals surface area contributed by atoms with Crippen LogP contribution in [0.2, 0.25) is 0 Å². The van der Waals surface area contributed by atoms with Gasteiger partial charge in [0, 0.05) is 43.6 Å². The van der Waals surface area contributed by atoms with Crippen molar-refractivity contribution < 1.29 is 13.3 Å². The lowest BCUT2D eigenvalue weighted by molar-refractivity contribution is 0.660. The highest BCUT2D eigenvalue weighted by Gasteiger charge is 2.36. The first kappa shape index (κ1) is 34.1. The van der Waals surface area contributed by atoms with Gasteiger partial charge in [0.1, 0.15) is 27.9 Å². The number of nitrogens with zero attached hydrogens (tertiary/aromatic N) is 1. The van der Waals surface area contributed by atoms with E-state index in [1.807, 2.05) is 18.2 Å². The molecule has 12 aromatic rings. The zero-order valence-electron chi connectivity index (χ0n) is 33.6. The summed E-state index contributed by atoms with van der Waals surface area (Å²) in [4.78, 5) is 2.33. The molecule has 0 radical (unpaired) electrons. The predicted molar refractivity (Wildman–Crippen MR) is 251 cm³/mol. The minimum atomic E-state index is -0.164. The van der Waals surface area contributed by atoms with Gasteiger partial charge >= 0.3 is 0 Å². The molecule has 0 aliphatic heterocycles. The molecule has 0 bridgehead atoms. The third-order valence-electron chi connectivity index (χ3n) is 13.1. The Bertz CT molecular complexity index is 3730.